The zero-order valence-corrected chi connectivity index (χ0v) is 20.2. The van der Waals surface area contributed by atoms with Crippen LogP contribution in [0, 0.1) is 0 Å². The minimum Gasteiger partial charge on any atom is -0.0623 e. The summed E-state index contributed by atoms with van der Waals surface area (Å²) in [6.07, 6.45) is 0. The number of hydrogen-bond donors (Lipinski definition) is 0. The molecule has 1 aromatic carbocycles. The van der Waals surface area contributed by atoms with Crippen molar-refractivity contribution >= 4 is 0 Å². The average molecular weight is 902 g/mol. The molecule has 0 heterocycles. The van der Waals surface area contributed by atoms with Crippen molar-refractivity contribution in [2.75, 3.05) is 0 Å². The summed E-state index contributed by atoms with van der Waals surface area (Å²) in [5, 5.41) is 0. The van der Waals surface area contributed by atoms with Gasteiger partial charge in [0, 0.05) is 117 Å². The first-order valence-electron chi connectivity index (χ1n) is 2.00. The molecule has 5 heteroatoms. The van der Waals surface area contributed by atoms with E-state index in [-0.39, 0.29) is 117 Å². The fourth-order valence-electron chi connectivity index (χ4n) is 0.385. The van der Waals surface area contributed by atoms with Crippen molar-refractivity contribution in [1.29, 1.82) is 0 Å². The molecule has 0 spiro atoms. The number of benzene rings is 1. The molecule has 0 aliphatic rings. The predicted octanol–water partition coefficient (Wildman–Crippen LogP) is 1.67. The van der Waals surface area contributed by atoms with Crippen LogP contribution in [-0.2, 0) is 117 Å². The third kappa shape index (κ3) is 19.5. The van der Waals surface area contributed by atoms with Crippen molar-refractivity contribution in [3.63, 3.8) is 0 Å². The topological polar surface area (TPSA) is 0 Å². The summed E-state index contributed by atoms with van der Waals surface area (Å²) in [5.74, 6) is 0. The van der Waals surface area contributed by atoms with Gasteiger partial charge in [0.25, 0.3) is 0 Å². The molecule has 0 nitrogen and oxygen atoms in total. The van der Waals surface area contributed by atoms with Crippen LogP contribution in [0.15, 0.2) is 36.4 Å². The van der Waals surface area contributed by atoms with Gasteiger partial charge < -0.3 is 0 Å². The Morgan fingerprint density at radius 1 is 0.364 bits per heavy atom. The van der Waals surface area contributed by atoms with Crippen molar-refractivity contribution in [2.45, 2.75) is 0 Å². The molecule has 57 valence electrons. The maximum absolute atomic E-state index is 2.00. The van der Waals surface area contributed by atoms with Gasteiger partial charge in [-0.2, -0.15) is 0 Å². The molecule has 0 unspecified atom stereocenters. The van der Waals surface area contributed by atoms with Crippen LogP contribution in [0.4, 0.5) is 0 Å². The molecular weight excluding hydrogens is 896 g/mol. The van der Waals surface area contributed by atoms with Gasteiger partial charge in [-0.05, 0) is 0 Å². The van der Waals surface area contributed by atoms with E-state index in [2.05, 4.69) is 0 Å². The van der Waals surface area contributed by atoms with Gasteiger partial charge in [0.2, 0.25) is 0 Å². The summed E-state index contributed by atoms with van der Waals surface area (Å²) in [5.41, 5.74) is 0. The number of hydrogen-bond acceptors (Lipinski definition) is 0. The average Bonchev–Trinajstić information content (AvgIpc) is 1.72. The van der Waals surface area contributed by atoms with E-state index >= 15 is 0 Å². The summed E-state index contributed by atoms with van der Waals surface area (Å²) in [7, 11) is 0. The fourth-order valence-corrected chi connectivity index (χ4v) is 0.385. The molecule has 0 aromatic heterocycles. The monoisotopic (exact) mass is 903 g/mol. The van der Waals surface area contributed by atoms with Gasteiger partial charge in [-0.1, -0.05) is 36.4 Å². The van der Waals surface area contributed by atoms with Crippen LogP contribution >= 0.6 is 0 Å². The van der Waals surface area contributed by atoms with Crippen LogP contribution in [0.5, 0.6) is 0 Å². The molecule has 0 aliphatic carbocycles. The first kappa shape index (κ1) is 29.2. The second kappa shape index (κ2) is 23.1. The minimum atomic E-state index is 0. The zero-order valence-electron chi connectivity index (χ0n) is 5.67. The summed E-state index contributed by atoms with van der Waals surface area (Å²) in [4.78, 5) is 0. The first-order chi connectivity index (χ1) is 3.00. The molecule has 0 saturated heterocycles. The van der Waals surface area contributed by atoms with Gasteiger partial charge >= 0.3 is 0 Å². The van der Waals surface area contributed by atoms with Crippen molar-refractivity contribution in [2.24, 2.45) is 0 Å². The normalized spacial score (nSPS) is 4.36. The molecule has 1 rings (SSSR count). The third-order valence-electron chi connectivity index (χ3n) is 0.667. The van der Waals surface area contributed by atoms with E-state index in [1.165, 1.54) is 0 Å². The summed E-state index contributed by atoms with van der Waals surface area (Å²) in [6, 6.07) is 12.0. The second-order valence-electron chi connectivity index (χ2n) is 1.15. The zero-order chi connectivity index (χ0) is 4.24. The molecule has 0 amide bonds. The SMILES string of the molecule is [W].[W].[W].[W].[Y].c1ccccc1. The van der Waals surface area contributed by atoms with Crippen LogP contribution in [0.2, 0.25) is 0 Å². The molecule has 11 heavy (non-hydrogen) atoms. The molecule has 0 fully saturated rings. The smallest absolute Gasteiger partial charge is 0 e. The van der Waals surface area contributed by atoms with Crippen molar-refractivity contribution in [3.05, 3.63) is 36.4 Å². The second-order valence-corrected chi connectivity index (χ2v) is 1.15. The van der Waals surface area contributed by atoms with Gasteiger partial charge in [0.15, 0.2) is 0 Å². The summed E-state index contributed by atoms with van der Waals surface area (Å²) < 4.78 is 0. The summed E-state index contributed by atoms with van der Waals surface area (Å²) in [6.45, 7) is 0. The van der Waals surface area contributed by atoms with Crippen LogP contribution in [0.3, 0.4) is 0 Å². The Labute approximate surface area is 150 Å². The van der Waals surface area contributed by atoms with Gasteiger partial charge in [-0.25, -0.2) is 0 Å². The standard InChI is InChI=1S/C6H6.4W.Y/c1-2-4-6-5-3-1;;;;;/h1-6H;;;;;. The minimum absolute atomic E-state index is 0. The molecule has 0 N–H and O–H groups in total. The van der Waals surface area contributed by atoms with E-state index in [1.54, 1.807) is 0 Å². The predicted molar refractivity (Wildman–Crippen MR) is 26.4 cm³/mol. The van der Waals surface area contributed by atoms with E-state index in [9.17, 15) is 0 Å². The third-order valence-corrected chi connectivity index (χ3v) is 0.667. The molecule has 0 bridgehead atoms. The van der Waals surface area contributed by atoms with E-state index < -0.39 is 0 Å². The van der Waals surface area contributed by atoms with Crippen molar-refractivity contribution < 1.29 is 117 Å². The Kier molecular flexibility index (Phi) is 61.5. The summed E-state index contributed by atoms with van der Waals surface area (Å²) >= 11 is 0. The van der Waals surface area contributed by atoms with Crippen LogP contribution in [0.1, 0.15) is 0 Å². The molecule has 0 saturated carbocycles. The van der Waals surface area contributed by atoms with Gasteiger partial charge in [0.05, 0.1) is 0 Å². The Morgan fingerprint density at radius 3 is 0.545 bits per heavy atom. The maximum Gasteiger partial charge on any atom is 0 e. The van der Waals surface area contributed by atoms with Gasteiger partial charge in [-0.15, -0.1) is 0 Å². The van der Waals surface area contributed by atoms with Crippen molar-refractivity contribution in [3.8, 4) is 0 Å². The first-order valence-corrected chi connectivity index (χ1v) is 2.00. The van der Waals surface area contributed by atoms with Crippen LogP contribution < -0.4 is 0 Å². The maximum atomic E-state index is 2.00. The molecular formula is C6H6W4Y. The van der Waals surface area contributed by atoms with Crippen LogP contribution in [-0.4, -0.2) is 0 Å². The van der Waals surface area contributed by atoms with E-state index in [0.29, 0.717) is 0 Å². The Morgan fingerprint density at radius 2 is 0.455 bits per heavy atom. The fraction of sp³-hybridized carbons (Fsp3) is 0. The van der Waals surface area contributed by atoms with E-state index in [0.717, 1.165) is 0 Å². The largest absolute Gasteiger partial charge is 0.0623 e. The number of rotatable bonds is 0. The van der Waals surface area contributed by atoms with Crippen LogP contribution in [0.25, 0.3) is 0 Å². The van der Waals surface area contributed by atoms with E-state index in [1.807, 2.05) is 36.4 Å². The molecule has 1 aromatic rings. The van der Waals surface area contributed by atoms with Gasteiger partial charge in [-0.3, -0.25) is 0 Å². The van der Waals surface area contributed by atoms with Gasteiger partial charge in [0.1, 0.15) is 0 Å². The Balaban J connectivity index is -0.0000000240. The molecule has 0 aliphatic heterocycles. The van der Waals surface area contributed by atoms with Crippen molar-refractivity contribution in [1.82, 2.24) is 0 Å². The Hall–Kier alpha value is 3.08. The Bertz CT molecular complexity index is 86.5. The molecule has 0 atom stereocenters. The van der Waals surface area contributed by atoms with E-state index in [4.69, 9.17) is 0 Å². The quantitative estimate of drug-likeness (QED) is 0.373. The molecule has 1 radical (unpaired) electrons.